The lowest BCUT2D eigenvalue weighted by molar-refractivity contribution is -0.143. The molecule has 0 spiro atoms. The maximum absolute atomic E-state index is 12.3. The number of nitrogens with one attached hydrogen (secondary N) is 1. The summed E-state index contributed by atoms with van der Waals surface area (Å²) in [7, 11) is 0. The first-order valence-corrected chi connectivity index (χ1v) is 8.75. The Balaban J connectivity index is 1.59. The van der Waals surface area contributed by atoms with E-state index in [1.165, 1.54) is 28.2 Å². The highest BCUT2D eigenvalue weighted by atomic mass is 32.1. The van der Waals surface area contributed by atoms with Gasteiger partial charge in [-0.1, -0.05) is 12.1 Å². The van der Waals surface area contributed by atoms with Crippen molar-refractivity contribution in [3.63, 3.8) is 0 Å². The molecular formula is C17H20N4O2S. The fourth-order valence-electron chi connectivity index (χ4n) is 2.81. The molecule has 0 aliphatic carbocycles. The van der Waals surface area contributed by atoms with Crippen molar-refractivity contribution in [2.24, 2.45) is 0 Å². The molecular weight excluding hydrogens is 324 g/mol. The first-order chi connectivity index (χ1) is 11.6. The van der Waals surface area contributed by atoms with Gasteiger partial charge in [0.25, 0.3) is 0 Å². The van der Waals surface area contributed by atoms with Gasteiger partial charge in [0.15, 0.2) is 5.13 Å². The molecule has 1 saturated heterocycles. The van der Waals surface area contributed by atoms with Gasteiger partial charge in [-0.3, -0.25) is 14.9 Å². The molecule has 24 heavy (non-hydrogen) atoms. The Morgan fingerprint density at radius 1 is 1.17 bits per heavy atom. The Morgan fingerprint density at radius 3 is 2.58 bits per heavy atom. The third-order valence-corrected chi connectivity index (χ3v) is 5.02. The highest BCUT2D eigenvalue weighted by molar-refractivity contribution is 7.13. The molecule has 1 aromatic heterocycles. The summed E-state index contributed by atoms with van der Waals surface area (Å²) in [5.41, 5.74) is 3.72. The minimum absolute atomic E-state index is 0.447. The van der Waals surface area contributed by atoms with E-state index in [1.54, 1.807) is 16.5 Å². The van der Waals surface area contributed by atoms with Crippen LogP contribution in [0.4, 0.5) is 10.8 Å². The number of hydrogen-bond acceptors (Lipinski definition) is 5. The lowest BCUT2D eigenvalue weighted by atomic mass is 10.1. The van der Waals surface area contributed by atoms with Gasteiger partial charge in [-0.05, 0) is 31.0 Å². The van der Waals surface area contributed by atoms with Crippen molar-refractivity contribution < 1.29 is 9.59 Å². The van der Waals surface area contributed by atoms with E-state index < -0.39 is 11.8 Å². The Labute approximate surface area is 145 Å². The number of hydrogen-bond donors (Lipinski definition) is 1. The highest BCUT2D eigenvalue weighted by Crippen LogP contribution is 2.24. The maximum Gasteiger partial charge on any atom is 0.315 e. The van der Waals surface area contributed by atoms with E-state index in [-0.39, 0.29) is 0 Å². The maximum atomic E-state index is 12.3. The molecule has 0 saturated carbocycles. The number of carbonyl (C=O) groups excluding carboxylic acids is 2. The average molecular weight is 344 g/mol. The summed E-state index contributed by atoms with van der Waals surface area (Å²) in [5.74, 6) is -1.11. The van der Waals surface area contributed by atoms with Crippen LogP contribution in [0.15, 0.2) is 29.8 Å². The summed E-state index contributed by atoms with van der Waals surface area (Å²) in [5, 5.41) is 4.74. The van der Waals surface area contributed by atoms with Crippen molar-refractivity contribution in [2.75, 3.05) is 36.4 Å². The Kier molecular flexibility index (Phi) is 4.80. The largest absolute Gasteiger partial charge is 0.368 e. The van der Waals surface area contributed by atoms with Crippen LogP contribution in [-0.2, 0) is 9.59 Å². The number of aromatic nitrogens is 1. The molecule has 6 nitrogen and oxygen atoms in total. The minimum atomic E-state index is -0.620. The standard InChI is InChI=1S/C17H20N4O2S/c1-12-4-3-5-14(13(12)2)20-7-9-21(10-8-20)16(23)15(22)19-17-18-6-11-24-17/h3-6,11H,7-10H2,1-2H3,(H,18,19,22). The zero-order valence-corrected chi connectivity index (χ0v) is 14.6. The second-order valence-electron chi connectivity index (χ2n) is 5.79. The van der Waals surface area contributed by atoms with E-state index in [2.05, 4.69) is 47.2 Å². The first kappa shape index (κ1) is 16.4. The molecule has 1 N–H and O–H groups in total. The zero-order chi connectivity index (χ0) is 17.1. The second kappa shape index (κ2) is 7.00. The van der Waals surface area contributed by atoms with Crippen LogP contribution < -0.4 is 10.2 Å². The van der Waals surface area contributed by atoms with Gasteiger partial charge in [0, 0.05) is 43.4 Å². The normalized spacial score (nSPS) is 14.6. The van der Waals surface area contributed by atoms with Gasteiger partial charge in [-0.2, -0.15) is 0 Å². The Bertz CT molecular complexity index is 737. The van der Waals surface area contributed by atoms with Crippen molar-refractivity contribution in [3.8, 4) is 0 Å². The lowest BCUT2D eigenvalue weighted by Gasteiger charge is -2.36. The third kappa shape index (κ3) is 3.41. The van der Waals surface area contributed by atoms with Crippen molar-refractivity contribution in [1.82, 2.24) is 9.88 Å². The second-order valence-corrected chi connectivity index (χ2v) is 6.68. The van der Waals surface area contributed by atoms with Gasteiger partial charge in [0.05, 0.1) is 0 Å². The smallest absolute Gasteiger partial charge is 0.315 e. The Morgan fingerprint density at radius 2 is 1.92 bits per heavy atom. The summed E-state index contributed by atoms with van der Waals surface area (Å²) >= 11 is 1.29. The minimum Gasteiger partial charge on any atom is -0.368 e. The van der Waals surface area contributed by atoms with E-state index >= 15 is 0 Å². The van der Waals surface area contributed by atoms with Gasteiger partial charge < -0.3 is 9.80 Å². The van der Waals surface area contributed by atoms with E-state index in [1.807, 2.05) is 0 Å². The average Bonchev–Trinajstić information content (AvgIpc) is 3.10. The zero-order valence-electron chi connectivity index (χ0n) is 13.8. The summed E-state index contributed by atoms with van der Waals surface area (Å²) < 4.78 is 0. The number of nitrogens with zero attached hydrogens (tertiary/aromatic N) is 3. The number of benzene rings is 1. The molecule has 3 rings (SSSR count). The Hall–Kier alpha value is -2.41. The van der Waals surface area contributed by atoms with E-state index in [4.69, 9.17) is 0 Å². The number of anilines is 2. The predicted molar refractivity (Wildman–Crippen MR) is 95.5 cm³/mol. The van der Waals surface area contributed by atoms with Crippen LogP contribution >= 0.6 is 11.3 Å². The van der Waals surface area contributed by atoms with Crippen LogP contribution in [0.25, 0.3) is 0 Å². The van der Waals surface area contributed by atoms with Gasteiger partial charge in [0.2, 0.25) is 0 Å². The molecule has 1 aromatic carbocycles. The molecule has 7 heteroatoms. The fraction of sp³-hybridized carbons (Fsp3) is 0.353. The molecule has 1 aliphatic heterocycles. The molecule has 2 heterocycles. The molecule has 1 aliphatic rings. The fourth-order valence-corrected chi connectivity index (χ4v) is 3.33. The molecule has 0 unspecified atom stereocenters. The molecule has 2 amide bonds. The number of piperazine rings is 1. The van der Waals surface area contributed by atoms with Crippen LogP contribution in [0.3, 0.4) is 0 Å². The van der Waals surface area contributed by atoms with Gasteiger partial charge >= 0.3 is 11.8 Å². The van der Waals surface area contributed by atoms with E-state index in [0.29, 0.717) is 18.2 Å². The van der Waals surface area contributed by atoms with Crippen LogP contribution in [0.5, 0.6) is 0 Å². The number of amides is 2. The van der Waals surface area contributed by atoms with Crippen LogP contribution in [0.2, 0.25) is 0 Å². The molecule has 0 atom stereocenters. The molecule has 126 valence electrons. The predicted octanol–water partition coefficient (Wildman–Crippen LogP) is 2.05. The first-order valence-electron chi connectivity index (χ1n) is 7.87. The van der Waals surface area contributed by atoms with Crippen molar-refractivity contribution in [1.29, 1.82) is 0 Å². The van der Waals surface area contributed by atoms with Crippen LogP contribution in [0, 0.1) is 13.8 Å². The van der Waals surface area contributed by atoms with Crippen molar-refractivity contribution >= 4 is 34.0 Å². The quantitative estimate of drug-likeness (QED) is 0.847. The summed E-state index contributed by atoms with van der Waals surface area (Å²) in [6, 6.07) is 6.26. The molecule has 1 fully saturated rings. The van der Waals surface area contributed by atoms with Gasteiger partial charge in [-0.15, -0.1) is 11.3 Å². The van der Waals surface area contributed by atoms with Crippen LogP contribution in [-0.4, -0.2) is 47.9 Å². The molecule has 0 radical (unpaired) electrons. The highest BCUT2D eigenvalue weighted by Gasteiger charge is 2.27. The van der Waals surface area contributed by atoms with Crippen molar-refractivity contribution in [3.05, 3.63) is 40.9 Å². The summed E-state index contributed by atoms with van der Waals surface area (Å²) in [6.45, 7) is 6.74. The third-order valence-electron chi connectivity index (χ3n) is 4.33. The topological polar surface area (TPSA) is 65.5 Å². The number of aryl methyl sites for hydroxylation is 1. The van der Waals surface area contributed by atoms with Crippen molar-refractivity contribution in [2.45, 2.75) is 13.8 Å². The van der Waals surface area contributed by atoms with Gasteiger partial charge in [-0.25, -0.2) is 4.98 Å². The monoisotopic (exact) mass is 344 g/mol. The lowest BCUT2D eigenvalue weighted by Crippen LogP contribution is -2.51. The van der Waals surface area contributed by atoms with Gasteiger partial charge in [0.1, 0.15) is 0 Å². The van der Waals surface area contributed by atoms with E-state index in [0.717, 1.165) is 13.1 Å². The number of carbonyl (C=O) groups is 2. The molecule has 0 bridgehead atoms. The summed E-state index contributed by atoms with van der Waals surface area (Å²) in [6.07, 6.45) is 1.59. The number of thiazole rings is 1. The number of rotatable bonds is 2. The SMILES string of the molecule is Cc1cccc(N2CCN(C(=O)C(=O)Nc3nccs3)CC2)c1C. The summed E-state index contributed by atoms with van der Waals surface area (Å²) in [4.78, 5) is 32.1. The molecule has 2 aromatic rings. The van der Waals surface area contributed by atoms with Crippen LogP contribution in [0.1, 0.15) is 11.1 Å². The van der Waals surface area contributed by atoms with E-state index in [9.17, 15) is 9.59 Å².